The van der Waals surface area contributed by atoms with E-state index in [1.807, 2.05) is 30.3 Å². The number of carbonyl (C=O) groups excluding carboxylic acids is 2. The van der Waals surface area contributed by atoms with Gasteiger partial charge in [0.05, 0.1) is 18.9 Å². The van der Waals surface area contributed by atoms with Gasteiger partial charge in [-0.2, -0.15) is 0 Å². The molecular formula is C24H22FN3O4. The van der Waals surface area contributed by atoms with Crippen molar-refractivity contribution in [1.82, 2.24) is 10.3 Å². The second-order valence-electron chi connectivity index (χ2n) is 7.47. The van der Waals surface area contributed by atoms with Gasteiger partial charge in [0.1, 0.15) is 11.5 Å². The molecule has 1 aliphatic rings. The number of hydrogen-bond acceptors (Lipinski definition) is 6. The Labute approximate surface area is 184 Å². The van der Waals surface area contributed by atoms with Crippen LogP contribution in [0, 0.1) is 5.82 Å². The van der Waals surface area contributed by atoms with E-state index >= 15 is 0 Å². The molecule has 0 saturated carbocycles. The number of pyridine rings is 1. The van der Waals surface area contributed by atoms with Gasteiger partial charge in [-0.15, -0.1) is 0 Å². The van der Waals surface area contributed by atoms with E-state index in [2.05, 4.69) is 15.5 Å². The number of oxime groups is 1. The van der Waals surface area contributed by atoms with Crippen LogP contribution in [0.5, 0.6) is 0 Å². The van der Waals surface area contributed by atoms with E-state index in [9.17, 15) is 14.0 Å². The molecule has 4 rings (SSSR count). The standard InChI is InChI=1S/C24H22FN3O4/c1-2-31-23(30)24(13-17-8-4-6-10-20(17)25)14-18(28-32-24)15-27-22(29)21-19-9-5-3-7-16(19)11-12-26-21/h3-12H,2,13-15H2,1H3,(H,27,29). The molecule has 1 aliphatic heterocycles. The summed E-state index contributed by atoms with van der Waals surface area (Å²) >= 11 is 0. The maximum atomic E-state index is 14.2. The Morgan fingerprint density at radius 3 is 2.75 bits per heavy atom. The van der Waals surface area contributed by atoms with Crippen LogP contribution in [0.1, 0.15) is 29.4 Å². The summed E-state index contributed by atoms with van der Waals surface area (Å²) in [4.78, 5) is 35.1. The largest absolute Gasteiger partial charge is 0.463 e. The first kappa shape index (κ1) is 21.4. The third kappa shape index (κ3) is 4.30. The Kier molecular flexibility index (Phi) is 6.11. The van der Waals surface area contributed by atoms with Gasteiger partial charge in [-0.05, 0) is 30.0 Å². The van der Waals surface area contributed by atoms with E-state index in [1.165, 1.54) is 6.07 Å². The molecule has 0 bridgehead atoms. The topological polar surface area (TPSA) is 89.9 Å². The molecule has 1 N–H and O–H groups in total. The van der Waals surface area contributed by atoms with Crippen LogP contribution in [-0.4, -0.2) is 41.3 Å². The number of nitrogens with zero attached hydrogens (tertiary/aromatic N) is 2. The van der Waals surface area contributed by atoms with Crippen molar-refractivity contribution < 1.29 is 23.6 Å². The van der Waals surface area contributed by atoms with Crippen LogP contribution < -0.4 is 5.32 Å². The Morgan fingerprint density at radius 2 is 1.94 bits per heavy atom. The van der Waals surface area contributed by atoms with Crippen molar-refractivity contribution in [2.45, 2.75) is 25.4 Å². The molecule has 1 unspecified atom stereocenters. The molecule has 0 saturated heterocycles. The number of rotatable bonds is 7. The van der Waals surface area contributed by atoms with Gasteiger partial charge >= 0.3 is 5.97 Å². The molecule has 1 amide bonds. The number of hydrogen-bond donors (Lipinski definition) is 1. The van der Waals surface area contributed by atoms with Gasteiger partial charge in [0, 0.05) is 24.4 Å². The summed E-state index contributed by atoms with van der Waals surface area (Å²) in [7, 11) is 0. The minimum Gasteiger partial charge on any atom is -0.463 e. The number of nitrogens with one attached hydrogen (secondary N) is 1. The predicted molar refractivity (Wildman–Crippen MR) is 117 cm³/mol. The molecule has 0 radical (unpaired) electrons. The first-order chi connectivity index (χ1) is 15.5. The van der Waals surface area contributed by atoms with Gasteiger partial charge in [0.25, 0.3) is 5.91 Å². The Bertz CT molecular complexity index is 1190. The highest BCUT2D eigenvalue weighted by Gasteiger charge is 2.48. The second-order valence-corrected chi connectivity index (χ2v) is 7.47. The number of carbonyl (C=O) groups is 2. The first-order valence-electron chi connectivity index (χ1n) is 10.3. The van der Waals surface area contributed by atoms with Gasteiger partial charge in [0.15, 0.2) is 0 Å². The molecule has 2 heterocycles. The van der Waals surface area contributed by atoms with E-state index in [-0.39, 0.29) is 31.9 Å². The molecule has 0 spiro atoms. The maximum Gasteiger partial charge on any atom is 0.354 e. The van der Waals surface area contributed by atoms with Crippen molar-refractivity contribution in [1.29, 1.82) is 0 Å². The third-order valence-corrected chi connectivity index (χ3v) is 5.26. The van der Waals surface area contributed by atoms with Gasteiger partial charge < -0.3 is 14.9 Å². The van der Waals surface area contributed by atoms with E-state index < -0.39 is 17.4 Å². The SMILES string of the molecule is CCOC(=O)C1(Cc2ccccc2F)CC(CNC(=O)c2nccc3ccccc23)=NO1. The number of ether oxygens (including phenoxy) is 1. The van der Waals surface area contributed by atoms with Gasteiger partial charge in [-0.25, -0.2) is 9.18 Å². The second kappa shape index (κ2) is 9.13. The molecule has 7 nitrogen and oxygen atoms in total. The summed E-state index contributed by atoms with van der Waals surface area (Å²) in [5, 5.41) is 8.42. The van der Waals surface area contributed by atoms with Crippen LogP contribution >= 0.6 is 0 Å². The number of fused-ring (bicyclic) bond motifs is 1. The quantitative estimate of drug-likeness (QED) is 0.575. The highest BCUT2D eigenvalue weighted by Crippen LogP contribution is 2.31. The zero-order valence-corrected chi connectivity index (χ0v) is 17.5. The fourth-order valence-corrected chi connectivity index (χ4v) is 3.70. The molecule has 1 aromatic heterocycles. The highest BCUT2D eigenvalue weighted by molar-refractivity contribution is 6.06. The molecule has 164 valence electrons. The van der Waals surface area contributed by atoms with Crippen LogP contribution in [-0.2, 0) is 20.8 Å². The molecule has 8 heteroatoms. The number of halogens is 1. The fraction of sp³-hybridized carbons (Fsp3) is 0.250. The molecule has 32 heavy (non-hydrogen) atoms. The van der Waals surface area contributed by atoms with E-state index in [1.54, 1.807) is 31.3 Å². The lowest BCUT2D eigenvalue weighted by Crippen LogP contribution is -2.44. The van der Waals surface area contributed by atoms with Gasteiger partial charge in [-0.1, -0.05) is 47.6 Å². The van der Waals surface area contributed by atoms with Crippen molar-refractivity contribution in [3.63, 3.8) is 0 Å². The molecule has 1 atom stereocenters. The molecular weight excluding hydrogens is 413 g/mol. The highest BCUT2D eigenvalue weighted by atomic mass is 19.1. The Morgan fingerprint density at radius 1 is 1.16 bits per heavy atom. The van der Waals surface area contributed by atoms with Crippen LogP contribution in [0.4, 0.5) is 4.39 Å². The average Bonchev–Trinajstić information content (AvgIpc) is 3.23. The van der Waals surface area contributed by atoms with E-state index in [4.69, 9.17) is 9.57 Å². The maximum absolute atomic E-state index is 14.2. The summed E-state index contributed by atoms with van der Waals surface area (Å²) in [5.41, 5.74) is -0.412. The number of benzene rings is 2. The van der Waals surface area contributed by atoms with Gasteiger partial charge in [0.2, 0.25) is 5.60 Å². The lowest BCUT2D eigenvalue weighted by atomic mass is 9.89. The van der Waals surface area contributed by atoms with Crippen LogP contribution in [0.15, 0.2) is 65.9 Å². The molecule has 2 aromatic carbocycles. The van der Waals surface area contributed by atoms with Crippen molar-refractivity contribution in [2.75, 3.05) is 13.2 Å². The Hall–Kier alpha value is -3.81. The normalized spacial score (nSPS) is 17.5. The zero-order chi connectivity index (χ0) is 22.6. The lowest BCUT2D eigenvalue weighted by molar-refractivity contribution is -0.169. The van der Waals surface area contributed by atoms with Gasteiger partial charge in [-0.3, -0.25) is 9.78 Å². The van der Waals surface area contributed by atoms with Crippen molar-refractivity contribution >= 4 is 28.4 Å². The minimum atomic E-state index is -1.48. The Balaban J connectivity index is 1.47. The number of amides is 1. The van der Waals surface area contributed by atoms with E-state index in [0.29, 0.717) is 17.0 Å². The molecule has 3 aromatic rings. The van der Waals surface area contributed by atoms with E-state index in [0.717, 1.165) is 10.8 Å². The smallest absolute Gasteiger partial charge is 0.354 e. The van der Waals surface area contributed by atoms with Crippen molar-refractivity contribution in [3.05, 3.63) is 77.9 Å². The molecule has 0 aliphatic carbocycles. The summed E-state index contributed by atoms with van der Waals surface area (Å²) < 4.78 is 19.4. The minimum absolute atomic E-state index is 0.0374. The fourth-order valence-electron chi connectivity index (χ4n) is 3.70. The van der Waals surface area contributed by atoms with Crippen LogP contribution in [0.25, 0.3) is 10.8 Å². The summed E-state index contributed by atoms with van der Waals surface area (Å²) in [6.07, 6.45) is 1.61. The summed E-state index contributed by atoms with van der Waals surface area (Å²) in [5.74, 6) is -1.43. The predicted octanol–water partition coefficient (Wildman–Crippen LogP) is 3.42. The zero-order valence-electron chi connectivity index (χ0n) is 17.5. The summed E-state index contributed by atoms with van der Waals surface area (Å²) in [6.45, 7) is 1.89. The average molecular weight is 435 g/mol. The molecule has 0 fully saturated rings. The van der Waals surface area contributed by atoms with Crippen molar-refractivity contribution in [3.8, 4) is 0 Å². The summed E-state index contributed by atoms with van der Waals surface area (Å²) in [6, 6.07) is 15.5. The third-order valence-electron chi connectivity index (χ3n) is 5.26. The van der Waals surface area contributed by atoms with Crippen molar-refractivity contribution in [2.24, 2.45) is 5.16 Å². The number of aromatic nitrogens is 1. The van der Waals surface area contributed by atoms with Crippen LogP contribution in [0.3, 0.4) is 0 Å². The van der Waals surface area contributed by atoms with Crippen LogP contribution in [0.2, 0.25) is 0 Å². The monoisotopic (exact) mass is 435 g/mol. The lowest BCUT2D eigenvalue weighted by Gasteiger charge is -2.24. The number of esters is 1. The first-order valence-corrected chi connectivity index (χ1v) is 10.3.